The number of ether oxygens (including phenoxy) is 1. The molecule has 0 aliphatic carbocycles. The zero-order valence-electron chi connectivity index (χ0n) is 18.2. The maximum absolute atomic E-state index is 11.8. The first-order valence-electron chi connectivity index (χ1n) is 10.2. The van der Waals surface area contributed by atoms with Crippen molar-refractivity contribution < 1.29 is 22.5 Å². The third kappa shape index (κ3) is 6.04. The Hall–Kier alpha value is -2.53. The largest absolute Gasteiger partial charge is 0.492 e. The third-order valence-electron chi connectivity index (χ3n) is 4.92. The quantitative estimate of drug-likeness (QED) is 0.474. The molecular formula is C21H32N5O4S2+. The van der Waals surface area contributed by atoms with E-state index in [0.29, 0.717) is 36.8 Å². The number of azo groups is 1. The maximum Gasteiger partial charge on any atom is 0.408 e. The highest BCUT2D eigenvalue weighted by molar-refractivity contribution is 7.91. The van der Waals surface area contributed by atoms with Gasteiger partial charge in [0.2, 0.25) is 5.91 Å². The number of aryl methyl sites for hydroxylation is 1. The molecule has 2 heterocycles. The highest BCUT2D eigenvalue weighted by atomic mass is 32.2. The molecule has 32 heavy (non-hydrogen) atoms. The van der Waals surface area contributed by atoms with E-state index in [1.807, 2.05) is 31.1 Å². The number of aromatic nitrogens is 1. The monoisotopic (exact) mass is 482 g/mol. The minimum atomic E-state index is -3.02. The van der Waals surface area contributed by atoms with Crippen LogP contribution < -0.4 is 19.5 Å². The van der Waals surface area contributed by atoms with E-state index < -0.39 is 9.84 Å². The molecule has 0 radical (unpaired) electrons. The van der Waals surface area contributed by atoms with Gasteiger partial charge in [-0.1, -0.05) is 7.43 Å². The Balaban J connectivity index is 0.00000363. The first kappa shape index (κ1) is 25.7. The van der Waals surface area contributed by atoms with Crippen LogP contribution in [0.2, 0.25) is 0 Å². The Bertz CT molecular complexity index is 1080. The highest BCUT2D eigenvalue weighted by Crippen LogP contribution is 2.40. The van der Waals surface area contributed by atoms with Crippen molar-refractivity contribution >= 4 is 49.3 Å². The molecule has 0 unspecified atom stereocenters. The molecule has 1 aliphatic heterocycles. The summed E-state index contributed by atoms with van der Waals surface area (Å²) in [5.41, 5.74) is 2.81. The number of rotatable bonds is 7. The van der Waals surface area contributed by atoms with E-state index in [-0.39, 0.29) is 24.8 Å². The van der Waals surface area contributed by atoms with Crippen LogP contribution in [0.5, 0.6) is 5.75 Å². The zero-order chi connectivity index (χ0) is 22.6. The summed E-state index contributed by atoms with van der Waals surface area (Å²) in [6.07, 6.45) is 0. The molecule has 9 nitrogen and oxygen atoms in total. The van der Waals surface area contributed by atoms with Gasteiger partial charge in [0.25, 0.3) is 0 Å². The number of nitrogens with zero attached hydrogens (tertiary/aromatic N) is 4. The van der Waals surface area contributed by atoms with Crippen LogP contribution in [-0.2, 0) is 21.2 Å². The third-order valence-corrected chi connectivity index (χ3v) is 7.50. The summed E-state index contributed by atoms with van der Waals surface area (Å²) in [4.78, 5) is 13.8. The van der Waals surface area contributed by atoms with Gasteiger partial charge in [-0.05, 0) is 43.3 Å². The van der Waals surface area contributed by atoms with Crippen LogP contribution in [0.25, 0.3) is 0 Å². The summed E-state index contributed by atoms with van der Waals surface area (Å²) in [5.74, 6) is 0.521. The van der Waals surface area contributed by atoms with Gasteiger partial charge in [0.15, 0.2) is 9.84 Å². The lowest BCUT2D eigenvalue weighted by Gasteiger charge is -2.30. The standard InChI is InChI=1S/C20H27N5O4S2.CH4/c1-5-25-14(3)13-30-20(25)23-22-17-12-19(29-6-2)18(11-16(17)21-15(4)26)24-7-9-31(27,28)10-8-24;/h11-13H,5-10H2,1-4H3;1H4/p+1. The van der Waals surface area contributed by atoms with Crippen LogP contribution in [0.1, 0.15) is 33.9 Å². The first-order chi connectivity index (χ1) is 14.7. The summed E-state index contributed by atoms with van der Waals surface area (Å²) in [6, 6.07) is 3.53. The summed E-state index contributed by atoms with van der Waals surface area (Å²) in [5, 5.41) is 14.4. The van der Waals surface area contributed by atoms with Crippen LogP contribution in [0, 0.1) is 6.92 Å². The molecular weight excluding hydrogens is 450 g/mol. The Morgan fingerprint density at radius 3 is 2.53 bits per heavy atom. The van der Waals surface area contributed by atoms with Gasteiger partial charge >= 0.3 is 5.13 Å². The Morgan fingerprint density at radius 2 is 1.94 bits per heavy atom. The molecule has 0 saturated carbocycles. The molecule has 1 amide bonds. The van der Waals surface area contributed by atoms with Crippen molar-refractivity contribution in [1.29, 1.82) is 0 Å². The molecule has 0 spiro atoms. The van der Waals surface area contributed by atoms with Crippen molar-refractivity contribution in [2.75, 3.05) is 41.4 Å². The molecule has 3 rings (SSSR count). The molecule has 0 bridgehead atoms. The predicted octanol–water partition coefficient (Wildman–Crippen LogP) is 4.01. The number of hydrogen-bond donors (Lipinski definition) is 1. The van der Waals surface area contributed by atoms with Crippen LogP contribution >= 0.6 is 11.3 Å². The Kier molecular flexibility index (Phi) is 8.73. The molecule has 1 fully saturated rings. The number of nitrogens with one attached hydrogen (secondary N) is 1. The van der Waals surface area contributed by atoms with Crippen LogP contribution in [-0.4, -0.2) is 45.5 Å². The van der Waals surface area contributed by atoms with Crippen LogP contribution in [0.3, 0.4) is 0 Å². The van der Waals surface area contributed by atoms with E-state index in [1.54, 1.807) is 12.1 Å². The van der Waals surface area contributed by atoms with E-state index in [2.05, 4.69) is 20.1 Å². The van der Waals surface area contributed by atoms with Gasteiger partial charge in [0.05, 0.1) is 41.1 Å². The number of carbonyl (C=O) groups is 1. The number of amides is 1. The molecule has 1 N–H and O–H groups in total. The SMILES string of the molecule is C.CCOc1cc(N=Nc2scc(C)[n+]2CC)c(NC(C)=O)cc1N1CCS(=O)(=O)CC1. The molecule has 1 aliphatic rings. The average Bonchev–Trinajstić information content (AvgIpc) is 3.07. The predicted molar refractivity (Wildman–Crippen MR) is 129 cm³/mol. The molecule has 1 aromatic heterocycles. The number of sulfone groups is 1. The second kappa shape index (κ2) is 10.9. The van der Waals surface area contributed by atoms with Crippen molar-refractivity contribution in [1.82, 2.24) is 0 Å². The van der Waals surface area contributed by atoms with Gasteiger partial charge in [0, 0.05) is 31.5 Å². The van der Waals surface area contributed by atoms with Crippen molar-refractivity contribution in [3.63, 3.8) is 0 Å². The first-order valence-corrected chi connectivity index (χ1v) is 12.9. The molecule has 0 atom stereocenters. The second-order valence-corrected chi connectivity index (χ2v) is 10.3. The van der Waals surface area contributed by atoms with Crippen molar-refractivity contribution in [3.05, 3.63) is 23.2 Å². The van der Waals surface area contributed by atoms with Gasteiger partial charge in [-0.15, -0.1) is 0 Å². The van der Waals surface area contributed by atoms with E-state index in [4.69, 9.17) is 4.74 Å². The average molecular weight is 483 g/mol. The topological polar surface area (TPSA) is 104 Å². The summed E-state index contributed by atoms with van der Waals surface area (Å²) in [6.45, 7) is 9.33. The van der Waals surface area contributed by atoms with Gasteiger partial charge in [-0.3, -0.25) is 4.79 Å². The minimum absolute atomic E-state index is 0. The van der Waals surface area contributed by atoms with Gasteiger partial charge in [0.1, 0.15) is 17.1 Å². The molecule has 1 aromatic carbocycles. The van der Waals surface area contributed by atoms with E-state index in [0.717, 1.165) is 23.1 Å². The summed E-state index contributed by atoms with van der Waals surface area (Å²) < 4.78 is 31.6. The second-order valence-electron chi connectivity index (χ2n) is 7.19. The van der Waals surface area contributed by atoms with Crippen LogP contribution in [0.15, 0.2) is 27.7 Å². The number of carbonyl (C=O) groups excluding carboxylic acids is 1. The summed E-state index contributed by atoms with van der Waals surface area (Å²) >= 11 is 1.50. The number of thiazole rings is 1. The van der Waals surface area contributed by atoms with E-state index in [1.165, 1.54) is 18.3 Å². The van der Waals surface area contributed by atoms with Crippen molar-refractivity contribution in [3.8, 4) is 5.75 Å². The Morgan fingerprint density at radius 1 is 1.25 bits per heavy atom. The minimum Gasteiger partial charge on any atom is -0.492 e. The summed E-state index contributed by atoms with van der Waals surface area (Å²) in [7, 11) is -3.02. The number of anilines is 2. The fraction of sp³-hybridized carbons (Fsp3) is 0.524. The molecule has 1 saturated heterocycles. The van der Waals surface area contributed by atoms with Gasteiger partial charge < -0.3 is 15.0 Å². The lowest BCUT2D eigenvalue weighted by molar-refractivity contribution is -0.682. The molecule has 11 heteroatoms. The highest BCUT2D eigenvalue weighted by Gasteiger charge is 2.25. The fourth-order valence-electron chi connectivity index (χ4n) is 3.38. The van der Waals surface area contributed by atoms with E-state index >= 15 is 0 Å². The lowest BCUT2D eigenvalue weighted by atomic mass is 10.2. The van der Waals surface area contributed by atoms with Crippen LogP contribution in [0.4, 0.5) is 22.2 Å². The lowest BCUT2D eigenvalue weighted by Crippen LogP contribution is -2.40. The smallest absolute Gasteiger partial charge is 0.408 e. The van der Waals surface area contributed by atoms with Crippen molar-refractivity contribution in [2.45, 2.75) is 41.7 Å². The number of benzene rings is 1. The van der Waals surface area contributed by atoms with Gasteiger partial charge in [-0.2, -0.15) is 0 Å². The van der Waals surface area contributed by atoms with Gasteiger partial charge in [-0.25, -0.2) is 13.0 Å². The fourth-order valence-corrected chi connectivity index (χ4v) is 5.47. The molecule has 2 aromatic rings. The van der Waals surface area contributed by atoms with Crippen molar-refractivity contribution in [2.24, 2.45) is 10.2 Å². The Labute approximate surface area is 194 Å². The molecule has 176 valence electrons. The maximum atomic E-state index is 11.8. The normalized spacial score (nSPS) is 15.4. The van der Waals surface area contributed by atoms with E-state index in [9.17, 15) is 13.2 Å². The number of hydrogen-bond acceptors (Lipinski definition) is 8. The zero-order valence-corrected chi connectivity index (χ0v) is 19.8.